The molecule has 0 saturated carbocycles. The van der Waals surface area contributed by atoms with Crippen molar-refractivity contribution in [2.45, 2.75) is 26.4 Å². The molecule has 3 aromatic carbocycles. The summed E-state index contributed by atoms with van der Waals surface area (Å²) in [5, 5.41) is 14.5. The number of nitrogens with zero attached hydrogens (tertiary/aromatic N) is 1. The summed E-state index contributed by atoms with van der Waals surface area (Å²) in [4.78, 5) is 12.2. The molecule has 4 rings (SSSR count). The Morgan fingerprint density at radius 3 is 2.33 bits per heavy atom. The van der Waals surface area contributed by atoms with Gasteiger partial charge in [-0.3, -0.25) is 0 Å². The zero-order chi connectivity index (χ0) is 20.9. The maximum atomic E-state index is 12.2. The van der Waals surface area contributed by atoms with E-state index in [2.05, 4.69) is 36.5 Å². The molecular formula is C26H26N2O2. The van der Waals surface area contributed by atoms with Gasteiger partial charge in [0.25, 0.3) is 0 Å². The van der Waals surface area contributed by atoms with Crippen LogP contribution in [0.4, 0.5) is 0 Å². The van der Waals surface area contributed by atoms with Crippen molar-refractivity contribution in [2.24, 2.45) is 0 Å². The molecule has 0 unspecified atom stereocenters. The number of nitrogens with one attached hydrogen (secondary N) is 1. The molecule has 30 heavy (non-hydrogen) atoms. The monoisotopic (exact) mass is 398 g/mol. The van der Waals surface area contributed by atoms with Crippen LogP contribution < -0.4 is 5.32 Å². The van der Waals surface area contributed by atoms with Crippen LogP contribution in [0, 0.1) is 6.92 Å². The summed E-state index contributed by atoms with van der Waals surface area (Å²) in [5.74, 6) is -0.891. The highest BCUT2D eigenvalue weighted by Crippen LogP contribution is 2.27. The van der Waals surface area contributed by atoms with Crippen LogP contribution >= 0.6 is 0 Å². The second kappa shape index (κ2) is 8.97. The van der Waals surface area contributed by atoms with E-state index in [1.54, 1.807) is 0 Å². The maximum absolute atomic E-state index is 12.2. The van der Waals surface area contributed by atoms with Gasteiger partial charge in [0.05, 0.1) is 0 Å². The topological polar surface area (TPSA) is 54.3 Å². The molecule has 0 aliphatic carbocycles. The minimum Gasteiger partial charge on any atom is -0.477 e. The lowest BCUT2D eigenvalue weighted by Gasteiger charge is -2.10. The summed E-state index contributed by atoms with van der Waals surface area (Å²) < 4.78 is 1.92. The highest BCUT2D eigenvalue weighted by molar-refractivity contribution is 5.98. The Bertz CT molecular complexity index is 1150. The van der Waals surface area contributed by atoms with Gasteiger partial charge in [0, 0.05) is 29.6 Å². The quantitative estimate of drug-likeness (QED) is 0.409. The average molecular weight is 399 g/mol. The van der Waals surface area contributed by atoms with E-state index >= 15 is 0 Å². The first-order valence-corrected chi connectivity index (χ1v) is 10.3. The molecule has 1 aromatic heterocycles. The number of aromatic carboxylic acids is 1. The molecule has 1 heterocycles. The molecule has 2 N–H and O–H groups in total. The SMILES string of the molecule is Cc1ccc(CCNCc2c(C(=O)O)n(Cc3ccccc3)c3ccccc23)cc1. The van der Waals surface area contributed by atoms with Gasteiger partial charge in [-0.25, -0.2) is 4.79 Å². The molecule has 4 nitrogen and oxygen atoms in total. The summed E-state index contributed by atoms with van der Waals surface area (Å²) >= 11 is 0. The largest absolute Gasteiger partial charge is 0.477 e. The summed E-state index contributed by atoms with van der Waals surface area (Å²) in [7, 11) is 0. The number of hydrogen-bond acceptors (Lipinski definition) is 2. The lowest BCUT2D eigenvalue weighted by Crippen LogP contribution is -2.19. The Hall–Kier alpha value is -3.37. The van der Waals surface area contributed by atoms with Crippen LogP contribution in [0.3, 0.4) is 0 Å². The van der Waals surface area contributed by atoms with Crippen molar-refractivity contribution >= 4 is 16.9 Å². The van der Waals surface area contributed by atoms with Crippen molar-refractivity contribution in [1.82, 2.24) is 9.88 Å². The number of fused-ring (bicyclic) bond motifs is 1. The van der Waals surface area contributed by atoms with Crippen molar-refractivity contribution in [3.05, 3.63) is 107 Å². The zero-order valence-electron chi connectivity index (χ0n) is 17.1. The molecule has 0 aliphatic heterocycles. The first-order chi connectivity index (χ1) is 14.6. The molecule has 4 aromatic rings. The normalized spacial score (nSPS) is 11.1. The van der Waals surface area contributed by atoms with Gasteiger partial charge in [-0.1, -0.05) is 78.4 Å². The number of para-hydroxylation sites is 1. The average Bonchev–Trinajstić information content (AvgIpc) is 3.07. The van der Waals surface area contributed by atoms with E-state index < -0.39 is 5.97 Å². The fourth-order valence-corrected chi connectivity index (χ4v) is 3.93. The van der Waals surface area contributed by atoms with E-state index in [-0.39, 0.29) is 0 Å². The maximum Gasteiger partial charge on any atom is 0.352 e. The lowest BCUT2D eigenvalue weighted by molar-refractivity contribution is 0.0685. The summed E-state index contributed by atoms with van der Waals surface area (Å²) in [6.07, 6.45) is 0.908. The summed E-state index contributed by atoms with van der Waals surface area (Å²) in [6.45, 7) is 3.93. The molecule has 0 spiro atoms. The Morgan fingerprint density at radius 2 is 1.60 bits per heavy atom. The number of benzene rings is 3. The molecule has 152 valence electrons. The number of aryl methyl sites for hydroxylation is 1. The molecule has 0 radical (unpaired) electrons. The van der Waals surface area contributed by atoms with Gasteiger partial charge in [-0.15, -0.1) is 0 Å². The van der Waals surface area contributed by atoms with Crippen LogP contribution in [0.5, 0.6) is 0 Å². The van der Waals surface area contributed by atoms with Crippen LogP contribution in [0.15, 0.2) is 78.9 Å². The standard InChI is InChI=1S/C26H26N2O2/c1-19-11-13-20(14-12-19)15-16-27-17-23-22-9-5-6-10-24(22)28(25(23)26(29)30)18-21-7-3-2-4-8-21/h2-14,27H,15-18H2,1H3,(H,29,30). The number of rotatable bonds is 8. The minimum absolute atomic E-state index is 0.364. The molecule has 0 atom stereocenters. The number of carbonyl (C=O) groups is 1. The first-order valence-electron chi connectivity index (χ1n) is 10.3. The Morgan fingerprint density at radius 1 is 0.900 bits per heavy atom. The number of aromatic nitrogens is 1. The van der Waals surface area contributed by atoms with Crippen LogP contribution in [-0.2, 0) is 19.5 Å². The second-order valence-corrected chi connectivity index (χ2v) is 7.63. The van der Waals surface area contributed by atoms with E-state index in [4.69, 9.17) is 0 Å². The van der Waals surface area contributed by atoms with E-state index in [1.807, 2.05) is 59.2 Å². The third-order valence-corrected chi connectivity index (χ3v) is 5.47. The predicted molar refractivity (Wildman–Crippen MR) is 121 cm³/mol. The van der Waals surface area contributed by atoms with E-state index in [0.29, 0.717) is 18.8 Å². The van der Waals surface area contributed by atoms with Gasteiger partial charge in [0.2, 0.25) is 0 Å². The smallest absolute Gasteiger partial charge is 0.352 e. The zero-order valence-corrected chi connectivity index (χ0v) is 17.1. The Labute approximate surface area is 176 Å². The molecular weight excluding hydrogens is 372 g/mol. The van der Waals surface area contributed by atoms with Crippen molar-refractivity contribution in [3.8, 4) is 0 Å². The van der Waals surface area contributed by atoms with Crippen LogP contribution in [0.1, 0.15) is 32.7 Å². The van der Waals surface area contributed by atoms with Crippen molar-refractivity contribution in [3.63, 3.8) is 0 Å². The Balaban J connectivity index is 1.59. The number of carboxylic acids is 1. The van der Waals surface area contributed by atoms with Crippen LogP contribution in [0.25, 0.3) is 10.9 Å². The third kappa shape index (κ3) is 4.29. The first kappa shape index (κ1) is 19.9. The molecule has 0 aliphatic rings. The fraction of sp³-hybridized carbons (Fsp3) is 0.192. The van der Waals surface area contributed by atoms with Gasteiger partial charge in [0.15, 0.2) is 0 Å². The Kier molecular flexibility index (Phi) is 5.96. The number of hydrogen-bond donors (Lipinski definition) is 2. The van der Waals surface area contributed by atoms with E-state index in [1.165, 1.54) is 11.1 Å². The molecule has 0 fully saturated rings. The van der Waals surface area contributed by atoms with Gasteiger partial charge in [0.1, 0.15) is 5.69 Å². The predicted octanol–water partition coefficient (Wildman–Crippen LogP) is 5.03. The highest BCUT2D eigenvalue weighted by Gasteiger charge is 2.22. The van der Waals surface area contributed by atoms with E-state index in [9.17, 15) is 9.90 Å². The van der Waals surface area contributed by atoms with Gasteiger partial charge in [-0.2, -0.15) is 0 Å². The number of carboxylic acid groups (broad SMARTS) is 1. The van der Waals surface area contributed by atoms with Gasteiger partial charge >= 0.3 is 5.97 Å². The molecule has 0 saturated heterocycles. The minimum atomic E-state index is -0.891. The van der Waals surface area contributed by atoms with Crippen molar-refractivity contribution in [2.75, 3.05) is 6.54 Å². The summed E-state index contributed by atoms with van der Waals surface area (Å²) in [6, 6.07) is 26.5. The molecule has 0 amide bonds. The summed E-state index contributed by atoms with van der Waals surface area (Å²) in [5.41, 5.74) is 5.77. The highest BCUT2D eigenvalue weighted by atomic mass is 16.4. The van der Waals surface area contributed by atoms with Gasteiger partial charge < -0.3 is 15.0 Å². The van der Waals surface area contributed by atoms with Crippen molar-refractivity contribution < 1.29 is 9.90 Å². The molecule has 4 heteroatoms. The third-order valence-electron chi connectivity index (χ3n) is 5.47. The molecule has 0 bridgehead atoms. The lowest BCUT2D eigenvalue weighted by atomic mass is 10.1. The van der Waals surface area contributed by atoms with Crippen LogP contribution in [0.2, 0.25) is 0 Å². The van der Waals surface area contributed by atoms with Crippen molar-refractivity contribution in [1.29, 1.82) is 0 Å². The van der Waals surface area contributed by atoms with Crippen LogP contribution in [-0.4, -0.2) is 22.2 Å². The second-order valence-electron chi connectivity index (χ2n) is 7.63. The van der Waals surface area contributed by atoms with Gasteiger partial charge in [-0.05, 0) is 37.1 Å². The van der Waals surface area contributed by atoms with E-state index in [0.717, 1.165) is 35.0 Å². The fourth-order valence-electron chi connectivity index (χ4n) is 3.93.